The summed E-state index contributed by atoms with van der Waals surface area (Å²) in [5, 5.41) is 0. The third kappa shape index (κ3) is 6.48. The van der Waals surface area contributed by atoms with E-state index in [-0.39, 0.29) is 12.8 Å². The van der Waals surface area contributed by atoms with Crippen LogP contribution in [0, 0.1) is 46.9 Å². The average Bonchev–Trinajstić information content (AvgIpc) is 2.87. The topological polar surface area (TPSA) is 9.23 Å². The highest BCUT2D eigenvalue weighted by molar-refractivity contribution is 5.66. The van der Waals surface area contributed by atoms with Gasteiger partial charge in [-0.3, -0.25) is 0 Å². The van der Waals surface area contributed by atoms with E-state index in [0.717, 1.165) is 18.8 Å². The molecule has 0 saturated heterocycles. The Hall–Kier alpha value is -2.25. The predicted octanol–water partition coefficient (Wildman–Crippen LogP) is 10.2. The first-order valence-corrected chi connectivity index (χ1v) is 13.7. The molecular formula is C30H35F7O. The summed E-state index contributed by atoms with van der Waals surface area (Å²) in [5.41, 5.74) is -2.18. The summed E-state index contributed by atoms with van der Waals surface area (Å²) in [6.45, 7) is 0.777. The Labute approximate surface area is 219 Å². The van der Waals surface area contributed by atoms with Crippen LogP contribution in [0.25, 0.3) is 11.1 Å². The first kappa shape index (κ1) is 28.8. The van der Waals surface area contributed by atoms with Crippen molar-refractivity contribution in [3.05, 3.63) is 53.1 Å². The van der Waals surface area contributed by atoms with Gasteiger partial charge < -0.3 is 4.74 Å². The molecule has 0 heterocycles. The standard InChI is InChI=1S/C30H35F7O/c1-2-3-4-18-5-7-19(8-6-18)20-9-11-22(12-10-20)30(36,37)38-23-15-27(34)29(28(35)16-23)21-13-25(32)24(17-31)26(33)14-21/h13-16,18-20,22H,2-12,17H2,1H3. The molecule has 2 aliphatic carbocycles. The maximum absolute atomic E-state index is 15.0. The molecule has 2 aliphatic rings. The molecule has 0 atom stereocenters. The Morgan fingerprint density at radius 2 is 1.29 bits per heavy atom. The molecule has 0 N–H and O–H groups in total. The van der Waals surface area contributed by atoms with Gasteiger partial charge in [0.25, 0.3) is 0 Å². The van der Waals surface area contributed by atoms with Gasteiger partial charge in [-0.05, 0) is 74.0 Å². The van der Waals surface area contributed by atoms with Crippen LogP contribution in [0.15, 0.2) is 24.3 Å². The molecule has 8 heteroatoms. The fraction of sp³-hybridized carbons (Fsp3) is 0.600. The van der Waals surface area contributed by atoms with Crippen molar-refractivity contribution in [2.24, 2.45) is 23.7 Å². The van der Waals surface area contributed by atoms with Crippen LogP contribution in [-0.2, 0) is 6.67 Å². The minimum atomic E-state index is -3.62. The van der Waals surface area contributed by atoms with E-state index in [1.54, 1.807) is 0 Å². The summed E-state index contributed by atoms with van der Waals surface area (Å²) in [6.07, 6.45) is 6.79. The Balaban J connectivity index is 1.37. The van der Waals surface area contributed by atoms with Crippen molar-refractivity contribution in [1.82, 2.24) is 0 Å². The second-order valence-corrected chi connectivity index (χ2v) is 11.0. The molecule has 38 heavy (non-hydrogen) atoms. The van der Waals surface area contributed by atoms with Crippen molar-refractivity contribution in [3.63, 3.8) is 0 Å². The number of hydrogen-bond acceptors (Lipinski definition) is 1. The fourth-order valence-corrected chi connectivity index (χ4v) is 6.37. The van der Waals surface area contributed by atoms with Crippen molar-refractivity contribution < 1.29 is 35.5 Å². The largest absolute Gasteiger partial charge is 0.432 e. The highest BCUT2D eigenvalue weighted by Gasteiger charge is 2.45. The molecule has 0 bridgehead atoms. The third-order valence-electron chi connectivity index (χ3n) is 8.60. The van der Waals surface area contributed by atoms with Gasteiger partial charge in [0.15, 0.2) is 0 Å². The second kappa shape index (κ2) is 12.3. The lowest BCUT2D eigenvalue weighted by atomic mass is 9.68. The maximum Gasteiger partial charge on any atom is 0.400 e. The van der Waals surface area contributed by atoms with Crippen LogP contribution in [0.2, 0.25) is 0 Å². The molecule has 2 saturated carbocycles. The summed E-state index contributed by atoms with van der Waals surface area (Å²) in [4.78, 5) is 0. The first-order chi connectivity index (χ1) is 18.1. The van der Waals surface area contributed by atoms with E-state index in [2.05, 4.69) is 6.92 Å². The summed E-state index contributed by atoms with van der Waals surface area (Å²) in [5.74, 6) is -5.21. The van der Waals surface area contributed by atoms with E-state index >= 15 is 8.78 Å². The fourth-order valence-electron chi connectivity index (χ4n) is 6.37. The summed E-state index contributed by atoms with van der Waals surface area (Å²) < 4.78 is 105. The Morgan fingerprint density at radius 3 is 1.79 bits per heavy atom. The molecule has 0 spiro atoms. The Morgan fingerprint density at radius 1 is 0.763 bits per heavy atom. The molecule has 4 rings (SSSR count). The summed E-state index contributed by atoms with van der Waals surface area (Å²) >= 11 is 0. The van der Waals surface area contributed by atoms with Crippen LogP contribution >= 0.6 is 0 Å². The number of rotatable bonds is 9. The van der Waals surface area contributed by atoms with Crippen LogP contribution in [0.1, 0.15) is 83.1 Å². The smallest absolute Gasteiger partial charge is 0.400 e. The monoisotopic (exact) mass is 544 g/mol. The zero-order chi connectivity index (χ0) is 27.4. The minimum absolute atomic E-state index is 0.274. The van der Waals surface area contributed by atoms with Crippen molar-refractivity contribution in [1.29, 1.82) is 0 Å². The zero-order valence-corrected chi connectivity index (χ0v) is 21.7. The van der Waals surface area contributed by atoms with E-state index in [1.807, 2.05) is 0 Å². The molecule has 1 nitrogen and oxygen atoms in total. The number of benzene rings is 2. The number of alkyl halides is 3. The number of unbranched alkanes of at least 4 members (excludes halogenated alkanes) is 1. The first-order valence-electron chi connectivity index (χ1n) is 13.7. The van der Waals surface area contributed by atoms with Crippen LogP contribution < -0.4 is 4.74 Å². The summed E-state index contributed by atoms with van der Waals surface area (Å²) in [6, 6.07) is 2.36. The predicted molar refractivity (Wildman–Crippen MR) is 133 cm³/mol. The molecule has 0 amide bonds. The Bertz CT molecular complexity index is 1040. The average molecular weight is 545 g/mol. The van der Waals surface area contributed by atoms with E-state index < -0.39 is 64.4 Å². The van der Waals surface area contributed by atoms with Crippen LogP contribution in [0.5, 0.6) is 5.75 Å². The zero-order valence-electron chi connectivity index (χ0n) is 21.7. The van der Waals surface area contributed by atoms with Gasteiger partial charge in [-0.15, -0.1) is 0 Å². The van der Waals surface area contributed by atoms with E-state index in [9.17, 15) is 22.0 Å². The van der Waals surface area contributed by atoms with Crippen molar-refractivity contribution in [2.75, 3.05) is 0 Å². The number of hydrogen-bond donors (Lipinski definition) is 0. The molecule has 0 radical (unpaired) electrons. The van der Waals surface area contributed by atoms with Gasteiger partial charge in [-0.2, -0.15) is 8.78 Å². The minimum Gasteiger partial charge on any atom is -0.432 e. The van der Waals surface area contributed by atoms with Gasteiger partial charge >= 0.3 is 6.11 Å². The maximum atomic E-state index is 15.0. The van der Waals surface area contributed by atoms with E-state index in [0.29, 0.717) is 48.9 Å². The molecule has 0 aliphatic heterocycles. The highest BCUT2D eigenvalue weighted by atomic mass is 19.3. The summed E-state index contributed by atoms with van der Waals surface area (Å²) in [7, 11) is 0. The van der Waals surface area contributed by atoms with Crippen LogP contribution in [0.4, 0.5) is 30.7 Å². The molecular weight excluding hydrogens is 509 g/mol. The van der Waals surface area contributed by atoms with E-state index in [4.69, 9.17) is 4.74 Å². The molecule has 0 aromatic heterocycles. The van der Waals surface area contributed by atoms with Crippen molar-refractivity contribution in [2.45, 2.75) is 90.3 Å². The van der Waals surface area contributed by atoms with Gasteiger partial charge in [0.1, 0.15) is 35.7 Å². The van der Waals surface area contributed by atoms with Gasteiger partial charge in [0, 0.05) is 12.1 Å². The lowest BCUT2D eigenvalue weighted by molar-refractivity contribution is -0.224. The third-order valence-corrected chi connectivity index (χ3v) is 8.60. The second-order valence-electron chi connectivity index (χ2n) is 11.0. The SMILES string of the molecule is CCCCC1CCC(C2CCC(C(F)(F)Oc3cc(F)c(-c4cc(F)c(CF)c(F)c4)c(F)c3)CC2)CC1. The van der Waals surface area contributed by atoms with Gasteiger partial charge in [-0.25, -0.2) is 22.0 Å². The van der Waals surface area contributed by atoms with Crippen molar-refractivity contribution >= 4 is 0 Å². The molecule has 2 aromatic carbocycles. The number of halogens is 7. The van der Waals surface area contributed by atoms with Gasteiger partial charge in [-0.1, -0.05) is 39.0 Å². The molecule has 2 aromatic rings. The molecule has 0 unspecified atom stereocenters. The van der Waals surface area contributed by atoms with E-state index in [1.165, 1.54) is 32.1 Å². The van der Waals surface area contributed by atoms with Gasteiger partial charge in [0.05, 0.1) is 17.0 Å². The normalized spacial score (nSPS) is 24.4. The van der Waals surface area contributed by atoms with Gasteiger partial charge in [0.2, 0.25) is 0 Å². The molecule has 210 valence electrons. The lowest BCUT2D eigenvalue weighted by Crippen LogP contribution is -2.38. The quantitative estimate of drug-likeness (QED) is 0.286. The van der Waals surface area contributed by atoms with Crippen molar-refractivity contribution in [3.8, 4) is 16.9 Å². The Kier molecular flexibility index (Phi) is 9.30. The van der Waals surface area contributed by atoms with Crippen LogP contribution in [0.3, 0.4) is 0 Å². The molecule has 2 fully saturated rings. The van der Waals surface area contributed by atoms with Crippen LogP contribution in [-0.4, -0.2) is 6.11 Å². The lowest BCUT2D eigenvalue weighted by Gasteiger charge is -2.39. The number of ether oxygens (including phenoxy) is 1. The highest BCUT2D eigenvalue weighted by Crippen LogP contribution is 2.46.